The van der Waals surface area contributed by atoms with Gasteiger partial charge in [-0.25, -0.2) is 4.57 Å². The molecule has 6 nitrogen and oxygen atoms in total. The van der Waals surface area contributed by atoms with Gasteiger partial charge in [0.2, 0.25) is 0 Å². The Hall–Kier alpha value is 0.0300. The molecule has 0 aromatic carbocycles. The first-order valence-corrected chi connectivity index (χ1v) is 7.86. The molecule has 0 heterocycles. The maximum Gasteiger partial charge on any atom is 0.470 e. The standard InChI is InChI=1S/C12H26O6P/c1-11(2)5-7-16-9-10-17-8-6-12(3,4)18-19(13,14)15/h5-10H2,1-4H3,(H2,13,14,15). The average molecular weight is 297 g/mol. The average Bonchev–Trinajstić information content (AvgIpc) is 2.17. The summed E-state index contributed by atoms with van der Waals surface area (Å²) in [5.74, 6) is 1.33. The van der Waals surface area contributed by atoms with Crippen molar-refractivity contribution in [3.63, 3.8) is 0 Å². The summed E-state index contributed by atoms with van der Waals surface area (Å²) in [4.78, 5) is 17.4. The molecular formula is C12H26O6P. The quantitative estimate of drug-likeness (QED) is 0.449. The van der Waals surface area contributed by atoms with Crippen LogP contribution in [0.5, 0.6) is 0 Å². The minimum atomic E-state index is -4.45. The highest BCUT2D eigenvalue weighted by Crippen LogP contribution is 2.42. The van der Waals surface area contributed by atoms with Gasteiger partial charge in [-0.2, -0.15) is 0 Å². The van der Waals surface area contributed by atoms with Gasteiger partial charge in [0.05, 0.1) is 18.8 Å². The second kappa shape index (κ2) is 9.06. The fourth-order valence-electron chi connectivity index (χ4n) is 1.28. The summed E-state index contributed by atoms with van der Waals surface area (Å²) in [7, 11) is -4.45. The Morgan fingerprint density at radius 2 is 1.58 bits per heavy atom. The van der Waals surface area contributed by atoms with E-state index in [4.69, 9.17) is 19.3 Å². The molecule has 0 aliphatic carbocycles. The molecule has 19 heavy (non-hydrogen) atoms. The number of hydrogen-bond donors (Lipinski definition) is 2. The lowest BCUT2D eigenvalue weighted by molar-refractivity contribution is 0.00648. The molecule has 0 saturated heterocycles. The second-order valence-electron chi connectivity index (χ2n) is 5.27. The van der Waals surface area contributed by atoms with Crippen LogP contribution in [0.4, 0.5) is 0 Å². The molecule has 0 atom stereocenters. The summed E-state index contributed by atoms with van der Waals surface area (Å²) in [6, 6.07) is 0. The Bertz CT molecular complexity index is 273. The summed E-state index contributed by atoms with van der Waals surface area (Å²) in [6.07, 6.45) is 1.35. The van der Waals surface area contributed by atoms with Crippen molar-refractivity contribution in [2.75, 3.05) is 26.4 Å². The first-order valence-electron chi connectivity index (χ1n) is 6.33. The lowest BCUT2D eigenvalue weighted by Crippen LogP contribution is -2.25. The monoisotopic (exact) mass is 297 g/mol. The molecule has 0 fully saturated rings. The Morgan fingerprint density at radius 1 is 1.05 bits per heavy atom. The van der Waals surface area contributed by atoms with Gasteiger partial charge in [-0.05, 0) is 32.6 Å². The number of phosphoric acid groups is 1. The van der Waals surface area contributed by atoms with Crippen LogP contribution in [0.2, 0.25) is 0 Å². The molecule has 0 aromatic rings. The molecular weight excluding hydrogens is 271 g/mol. The minimum Gasteiger partial charge on any atom is -0.379 e. The Labute approximate surface area is 115 Å². The van der Waals surface area contributed by atoms with E-state index < -0.39 is 13.4 Å². The normalized spacial score (nSPS) is 13.2. The van der Waals surface area contributed by atoms with Crippen molar-refractivity contribution in [1.29, 1.82) is 0 Å². The number of ether oxygens (including phenoxy) is 2. The van der Waals surface area contributed by atoms with Crippen molar-refractivity contribution in [1.82, 2.24) is 0 Å². The van der Waals surface area contributed by atoms with Crippen molar-refractivity contribution in [3.05, 3.63) is 5.92 Å². The van der Waals surface area contributed by atoms with Gasteiger partial charge in [0, 0.05) is 13.2 Å². The SMILES string of the molecule is C[C](C)CCOCCOCCC(C)(C)OP(=O)(O)O. The summed E-state index contributed by atoms with van der Waals surface area (Å²) in [5, 5.41) is 0. The van der Waals surface area contributed by atoms with Crippen LogP contribution >= 0.6 is 7.82 Å². The van der Waals surface area contributed by atoms with E-state index in [1.165, 1.54) is 5.92 Å². The van der Waals surface area contributed by atoms with Crippen molar-refractivity contribution < 1.29 is 28.3 Å². The third-order valence-corrected chi connectivity index (χ3v) is 3.06. The Kier molecular flexibility index (Phi) is 9.07. The molecule has 0 bridgehead atoms. The third-order valence-electron chi connectivity index (χ3n) is 2.33. The Morgan fingerprint density at radius 3 is 2.05 bits per heavy atom. The van der Waals surface area contributed by atoms with Crippen LogP contribution in [-0.2, 0) is 18.6 Å². The van der Waals surface area contributed by atoms with E-state index in [1.54, 1.807) is 13.8 Å². The van der Waals surface area contributed by atoms with Gasteiger partial charge in [-0.15, -0.1) is 0 Å². The fourth-order valence-corrected chi connectivity index (χ4v) is 2.02. The van der Waals surface area contributed by atoms with Crippen LogP contribution in [0, 0.1) is 5.92 Å². The van der Waals surface area contributed by atoms with Gasteiger partial charge >= 0.3 is 7.82 Å². The molecule has 0 aliphatic rings. The van der Waals surface area contributed by atoms with E-state index in [2.05, 4.69) is 18.4 Å². The highest BCUT2D eigenvalue weighted by atomic mass is 31.2. The predicted octanol–water partition coefficient (Wildman–Crippen LogP) is 2.30. The van der Waals surface area contributed by atoms with Crippen LogP contribution in [0.1, 0.15) is 40.5 Å². The summed E-state index contributed by atoms with van der Waals surface area (Å²) in [5.41, 5.74) is -0.909. The molecule has 1 radical (unpaired) electrons. The molecule has 0 aromatic heterocycles. The summed E-state index contributed by atoms with van der Waals surface area (Å²) < 4.78 is 26.0. The minimum absolute atomic E-state index is 0.370. The highest BCUT2D eigenvalue weighted by molar-refractivity contribution is 7.46. The third kappa shape index (κ3) is 14.3. The van der Waals surface area contributed by atoms with Gasteiger partial charge < -0.3 is 19.3 Å². The van der Waals surface area contributed by atoms with Crippen LogP contribution in [0.15, 0.2) is 0 Å². The zero-order valence-electron chi connectivity index (χ0n) is 12.2. The van der Waals surface area contributed by atoms with E-state index >= 15 is 0 Å². The van der Waals surface area contributed by atoms with Crippen LogP contribution in [0.3, 0.4) is 0 Å². The molecule has 0 saturated carbocycles. The molecule has 7 heteroatoms. The molecule has 0 aliphatic heterocycles. The number of hydrogen-bond acceptors (Lipinski definition) is 4. The first kappa shape index (κ1) is 19.0. The van der Waals surface area contributed by atoms with E-state index in [-0.39, 0.29) is 0 Å². The van der Waals surface area contributed by atoms with Crippen molar-refractivity contribution in [3.8, 4) is 0 Å². The van der Waals surface area contributed by atoms with E-state index in [0.29, 0.717) is 32.8 Å². The van der Waals surface area contributed by atoms with E-state index in [0.717, 1.165) is 6.42 Å². The van der Waals surface area contributed by atoms with Crippen molar-refractivity contribution >= 4 is 7.82 Å². The van der Waals surface area contributed by atoms with E-state index in [1.807, 2.05) is 0 Å². The zero-order valence-corrected chi connectivity index (χ0v) is 13.1. The molecule has 115 valence electrons. The maximum absolute atomic E-state index is 10.7. The van der Waals surface area contributed by atoms with Gasteiger partial charge in [-0.1, -0.05) is 13.8 Å². The summed E-state index contributed by atoms with van der Waals surface area (Å²) in [6.45, 7) is 9.40. The molecule has 0 rings (SSSR count). The van der Waals surface area contributed by atoms with Gasteiger partial charge in [0.1, 0.15) is 0 Å². The van der Waals surface area contributed by atoms with Crippen LogP contribution < -0.4 is 0 Å². The lowest BCUT2D eigenvalue weighted by Gasteiger charge is -2.24. The fraction of sp³-hybridized carbons (Fsp3) is 0.917. The van der Waals surface area contributed by atoms with E-state index in [9.17, 15) is 4.57 Å². The van der Waals surface area contributed by atoms with Crippen LogP contribution in [0.25, 0.3) is 0 Å². The molecule has 0 amide bonds. The largest absolute Gasteiger partial charge is 0.470 e. The summed E-state index contributed by atoms with van der Waals surface area (Å²) >= 11 is 0. The molecule has 0 unspecified atom stereocenters. The number of rotatable bonds is 11. The molecule has 2 N–H and O–H groups in total. The van der Waals surface area contributed by atoms with Crippen molar-refractivity contribution in [2.45, 2.75) is 46.1 Å². The lowest BCUT2D eigenvalue weighted by atomic mass is 10.1. The maximum atomic E-state index is 10.7. The van der Waals surface area contributed by atoms with Crippen molar-refractivity contribution in [2.24, 2.45) is 0 Å². The van der Waals surface area contributed by atoms with Gasteiger partial charge in [0.25, 0.3) is 0 Å². The van der Waals surface area contributed by atoms with Crippen LogP contribution in [-0.4, -0.2) is 41.8 Å². The number of phosphoric ester groups is 1. The second-order valence-corrected chi connectivity index (χ2v) is 6.44. The smallest absolute Gasteiger partial charge is 0.379 e. The predicted molar refractivity (Wildman–Crippen MR) is 72.7 cm³/mol. The first-order chi connectivity index (χ1) is 8.62. The zero-order chi connectivity index (χ0) is 14.9. The van der Waals surface area contributed by atoms with Gasteiger partial charge in [0.15, 0.2) is 0 Å². The highest BCUT2D eigenvalue weighted by Gasteiger charge is 2.28. The van der Waals surface area contributed by atoms with Gasteiger partial charge in [-0.3, -0.25) is 4.52 Å². The molecule has 0 spiro atoms. The Balaban J connectivity index is 3.51. The topological polar surface area (TPSA) is 85.2 Å².